The Balaban J connectivity index is 0.00000261. The van der Waals surface area contributed by atoms with Crippen LogP contribution in [0, 0.1) is 11.8 Å². The molecule has 0 amide bonds. The minimum absolute atomic E-state index is 0. The molecule has 0 bridgehead atoms. The number of halogens is 1. The summed E-state index contributed by atoms with van der Waals surface area (Å²) in [6, 6.07) is 12.8. The monoisotopic (exact) mass is 481 g/mol. The predicted octanol–water partition coefficient (Wildman–Crippen LogP) is 3.67. The van der Waals surface area contributed by atoms with Crippen LogP contribution in [0.1, 0.15) is 25.8 Å². The molecule has 3 rings (SSSR count). The summed E-state index contributed by atoms with van der Waals surface area (Å²) in [6.45, 7) is 9.20. The first kappa shape index (κ1) is 21.7. The summed E-state index contributed by atoms with van der Waals surface area (Å²) in [5, 5.41) is 7.77. The summed E-state index contributed by atoms with van der Waals surface area (Å²) >= 11 is 0. The number of hydrogen-bond acceptors (Lipinski definition) is 2. The van der Waals surface area contributed by atoms with Gasteiger partial charge in [0.25, 0.3) is 0 Å². The van der Waals surface area contributed by atoms with Crippen molar-refractivity contribution >= 4 is 29.9 Å². The van der Waals surface area contributed by atoms with Crippen molar-refractivity contribution in [2.75, 3.05) is 26.2 Å². The fourth-order valence-corrected chi connectivity index (χ4v) is 3.59. The third kappa shape index (κ3) is 6.83. The second kappa shape index (κ2) is 11.3. The Morgan fingerprint density at radius 1 is 1.30 bits per heavy atom. The highest BCUT2D eigenvalue weighted by molar-refractivity contribution is 14.0. The van der Waals surface area contributed by atoms with Crippen molar-refractivity contribution < 1.29 is 0 Å². The first-order valence-corrected chi connectivity index (χ1v) is 9.79. The molecule has 2 unspecified atom stereocenters. The lowest BCUT2D eigenvalue weighted by atomic mass is 9.99. The Labute approximate surface area is 180 Å². The average molecular weight is 481 g/mol. The molecule has 5 nitrogen and oxygen atoms in total. The largest absolute Gasteiger partial charge is 0.357 e. The Hall–Kier alpha value is -1.57. The molecular weight excluding hydrogens is 449 g/mol. The van der Waals surface area contributed by atoms with Crippen LogP contribution in [-0.2, 0) is 13.0 Å². The molecule has 0 radical (unpaired) electrons. The van der Waals surface area contributed by atoms with Gasteiger partial charge in [-0.1, -0.05) is 37.3 Å². The molecule has 0 saturated carbocycles. The Morgan fingerprint density at radius 2 is 2.11 bits per heavy atom. The first-order chi connectivity index (χ1) is 12.7. The molecule has 2 atom stereocenters. The number of guanidine groups is 1. The maximum Gasteiger partial charge on any atom is 0.193 e. The van der Waals surface area contributed by atoms with Crippen LogP contribution in [0.2, 0.25) is 0 Å². The average Bonchev–Trinajstić information content (AvgIpc) is 3.32. The van der Waals surface area contributed by atoms with Crippen molar-refractivity contribution in [2.45, 2.75) is 33.2 Å². The molecular formula is C21H32IN5. The number of aromatic nitrogens is 2. The second-order valence-corrected chi connectivity index (χ2v) is 7.32. The Morgan fingerprint density at radius 3 is 2.81 bits per heavy atom. The molecule has 2 aromatic rings. The zero-order valence-electron chi connectivity index (χ0n) is 16.4. The number of benzene rings is 1. The van der Waals surface area contributed by atoms with Gasteiger partial charge in [-0.25, -0.2) is 0 Å². The predicted molar refractivity (Wildman–Crippen MR) is 123 cm³/mol. The highest BCUT2D eigenvalue weighted by Gasteiger charge is 2.25. The Kier molecular flexibility index (Phi) is 9.10. The highest BCUT2D eigenvalue weighted by atomic mass is 127. The molecule has 27 heavy (non-hydrogen) atoms. The molecule has 1 aliphatic heterocycles. The molecule has 1 aromatic heterocycles. The van der Waals surface area contributed by atoms with Crippen molar-refractivity contribution in [2.24, 2.45) is 16.8 Å². The number of nitrogens with one attached hydrogen (secondary N) is 1. The van der Waals surface area contributed by atoms with E-state index in [9.17, 15) is 0 Å². The van der Waals surface area contributed by atoms with Crippen LogP contribution in [0.15, 0.2) is 53.8 Å². The summed E-state index contributed by atoms with van der Waals surface area (Å²) in [4.78, 5) is 7.34. The van der Waals surface area contributed by atoms with Gasteiger partial charge >= 0.3 is 0 Å². The lowest BCUT2D eigenvalue weighted by Crippen LogP contribution is -2.40. The lowest BCUT2D eigenvalue weighted by Gasteiger charge is -2.22. The van der Waals surface area contributed by atoms with Gasteiger partial charge in [0.2, 0.25) is 0 Å². The van der Waals surface area contributed by atoms with Crippen molar-refractivity contribution in [3.8, 4) is 0 Å². The van der Waals surface area contributed by atoms with Gasteiger partial charge in [0.15, 0.2) is 5.96 Å². The lowest BCUT2D eigenvalue weighted by molar-refractivity contribution is 0.439. The minimum Gasteiger partial charge on any atom is -0.357 e. The zero-order chi connectivity index (χ0) is 18.2. The summed E-state index contributed by atoms with van der Waals surface area (Å²) < 4.78 is 1.98. The number of aliphatic imine (C=N–C) groups is 1. The van der Waals surface area contributed by atoms with Crippen LogP contribution in [-0.4, -0.2) is 46.8 Å². The van der Waals surface area contributed by atoms with Crippen molar-refractivity contribution in [3.05, 3.63) is 54.4 Å². The molecule has 0 spiro atoms. The molecule has 6 heteroatoms. The molecule has 0 aliphatic carbocycles. The molecule has 1 aromatic carbocycles. The number of rotatable bonds is 7. The van der Waals surface area contributed by atoms with Crippen LogP contribution >= 0.6 is 24.0 Å². The highest BCUT2D eigenvalue weighted by Crippen LogP contribution is 2.21. The third-order valence-electron chi connectivity index (χ3n) is 4.90. The van der Waals surface area contributed by atoms with Gasteiger partial charge in [-0.05, 0) is 43.2 Å². The van der Waals surface area contributed by atoms with E-state index in [1.807, 2.05) is 23.1 Å². The van der Waals surface area contributed by atoms with Gasteiger partial charge in [0.1, 0.15) is 0 Å². The first-order valence-electron chi connectivity index (χ1n) is 9.79. The van der Waals surface area contributed by atoms with Gasteiger partial charge in [0.05, 0.1) is 0 Å². The summed E-state index contributed by atoms with van der Waals surface area (Å²) in [7, 11) is 0. The number of likely N-dealkylation sites (tertiary alicyclic amines) is 1. The molecule has 1 N–H and O–H groups in total. The maximum absolute atomic E-state index is 4.91. The molecule has 148 valence electrons. The fraction of sp³-hybridized carbons (Fsp3) is 0.524. The number of hydrogen-bond donors (Lipinski definition) is 1. The molecule has 2 heterocycles. The van der Waals surface area contributed by atoms with Crippen LogP contribution in [0.25, 0.3) is 0 Å². The quantitative estimate of drug-likeness (QED) is 0.373. The van der Waals surface area contributed by atoms with E-state index in [2.05, 4.69) is 59.5 Å². The zero-order valence-corrected chi connectivity index (χ0v) is 18.8. The third-order valence-corrected chi connectivity index (χ3v) is 4.90. The summed E-state index contributed by atoms with van der Waals surface area (Å²) in [5.41, 5.74) is 1.44. The summed E-state index contributed by atoms with van der Waals surface area (Å²) in [6.07, 6.45) is 6.24. The van der Waals surface area contributed by atoms with E-state index in [1.54, 1.807) is 0 Å². The fourth-order valence-electron chi connectivity index (χ4n) is 3.59. The minimum atomic E-state index is 0. The maximum atomic E-state index is 4.91. The van der Waals surface area contributed by atoms with Crippen LogP contribution in [0.4, 0.5) is 0 Å². The van der Waals surface area contributed by atoms with E-state index in [0.29, 0.717) is 11.8 Å². The van der Waals surface area contributed by atoms with Gasteiger partial charge < -0.3 is 10.2 Å². The van der Waals surface area contributed by atoms with E-state index >= 15 is 0 Å². The smallest absolute Gasteiger partial charge is 0.193 e. The molecule has 1 aliphatic rings. The van der Waals surface area contributed by atoms with E-state index in [4.69, 9.17) is 4.99 Å². The van der Waals surface area contributed by atoms with Crippen molar-refractivity contribution in [1.29, 1.82) is 0 Å². The van der Waals surface area contributed by atoms with Gasteiger partial charge in [-0.15, -0.1) is 24.0 Å². The van der Waals surface area contributed by atoms with E-state index < -0.39 is 0 Å². The second-order valence-electron chi connectivity index (χ2n) is 7.32. The molecule has 1 saturated heterocycles. The Bertz CT molecular complexity index is 671. The summed E-state index contributed by atoms with van der Waals surface area (Å²) in [5.74, 6) is 2.24. The van der Waals surface area contributed by atoms with E-state index in [-0.39, 0.29) is 24.0 Å². The van der Waals surface area contributed by atoms with E-state index in [0.717, 1.165) is 45.1 Å². The van der Waals surface area contributed by atoms with Crippen molar-refractivity contribution in [1.82, 2.24) is 20.0 Å². The number of nitrogens with zero attached hydrogens (tertiary/aromatic N) is 4. The van der Waals surface area contributed by atoms with Crippen LogP contribution < -0.4 is 5.32 Å². The van der Waals surface area contributed by atoms with Gasteiger partial charge in [0, 0.05) is 45.1 Å². The van der Waals surface area contributed by atoms with Crippen molar-refractivity contribution in [3.63, 3.8) is 0 Å². The topological polar surface area (TPSA) is 45.5 Å². The van der Waals surface area contributed by atoms with Crippen LogP contribution in [0.5, 0.6) is 0 Å². The SMILES string of the molecule is CCNC(=NCC(C)Cn1cccn1)N1CCC(Cc2ccccc2)C1.I. The van der Waals surface area contributed by atoms with E-state index in [1.165, 1.54) is 12.0 Å². The normalized spacial score (nSPS) is 18.2. The van der Waals surface area contributed by atoms with Gasteiger partial charge in [-0.3, -0.25) is 9.67 Å². The molecule has 1 fully saturated rings. The van der Waals surface area contributed by atoms with Gasteiger partial charge in [-0.2, -0.15) is 5.10 Å². The standard InChI is InChI=1S/C21H31N5.HI/c1-3-22-21(23-15-18(2)16-26-12-7-11-24-26)25-13-10-20(17-25)14-19-8-5-4-6-9-19;/h4-9,11-12,18,20H,3,10,13-17H2,1-2H3,(H,22,23);1H. The van der Waals surface area contributed by atoms with Crippen LogP contribution in [0.3, 0.4) is 0 Å².